The zero-order valence-electron chi connectivity index (χ0n) is 15.3. The molecule has 1 fully saturated rings. The Morgan fingerprint density at radius 3 is 2.65 bits per heavy atom. The minimum absolute atomic E-state index is 0.0789. The van der Waals surface area contributed by atoms with Crippen LogP contribution in [0.25, 0.3) is 10.2 Å². The molecule has 1 N–H and O–H groups in total. The molecule has 1 aliphatic rings. The normalized spacial score (nSPS) is 14.2. The van der Waals surface area contributed by atoms with Crippen molar-refractivity contribution in [1.82, 2.24) is 9.97 Å². The van der Waals surface area contributed by atoms with Gasteiger partial charge in [0.2, 0.25) is 0 Å². The predicted molar refractivity (Wildman–Crippen MR) is 107 cm³/mol. The van der Waals surface area contributed by atoms with Crippen molar-refractivity contribution in [1.29, 1.82) is 0 Å². The summed E-state index contributed by atoms with van der Waals surface area (Å²) in [5.41, 5.74) is 4.07. The van der Waals surface area contributed by atoms with Gasteiger partial charge in [-0.3, -0.25) is 4.79 Å². The van der Waals surface area contributed by atoms with Gasteiger partial charge in [-0.2, -0.15) is 0 Å². The minimum Gasteiger partial charge on any atom is -0.356 e. The number of hydrogen-bond acceptors (Lipinski definition) is 5. The quantitative estimate of drug-likeness (QED) is 0.743. The smallest absolute Gasteiger partial charge is 0.266 e. The fraction of sp³-hybridized carbons (Fsp3) is 0.350. The van der Waals surface area contributed by atoms with Crippen molar-refractivity contribution in [2.75, 3.05) is 23.3 Å². The summed E-state index contributed by atoms with van der Waals surface area (Å²) >= 11 is 1.44. The maximum absolute atomic E-state index is 12.9. The maximum Gasteiger partial charge on any atom is 0.266 e. The van der Waals surface area contributed by atoms with E-state index in [0.29, 0.717) is 4.88 Å². The lowest BCUT2D eigenvalue weighted by molar-refractivity contribution is 0.103. The lowest BCUT2D eigenvalue weighted by atomic mass is 10.1. The summed E-state index contributed by atoms with van der Waals surface area (Å²) in [5.74, 6) is 0.886. The van der Waals surface area contributed by atoms with Crippen LogP contribution in [-0.2, 0) is 0 Å². The minimum atomic E-state index is -0.0789. The number of carbonyl (C=O) groups is 1. The van der Waals surface area contributed by atoms with Gasteiger partial charge in [0, 0.05) is 18.8 Å². The number of benzene rings is 1. The first-order valence-electron chi connectivity index (χ1n) is 8.92. The number of amides is 1. The van der Waals surface area contributed by atoms with Gasteiger partial charge in [0.1, 0.15) is 17.0 Å². The fourth-order valence-electron chi connectivity index (χ4n) is 3.57. The monoisotopic (exact) mass is 366 g/mol. The van der Waals surface area contributed by atoms with Crippen molar-refractivity contribution in [3.8, 4) is 0 Å². The summed E-state index contributed by atoms with van der Waals surface area (Å²) in [5, 5.41) is 4.07. The first-order valence-corrected chi connectivity index (χ1v) is 9.74. The number of thiophene rings is 1. The Morgan fingerprint density at radius 1 is 1.15 bits per heavy atom. The summed E-state index contributed by atoms with van der Waals surface area (Å²) in [7, 11) is 0. The van der Waals surface area contributed by atoms with Crippen LogP contribution in [0, 0.1) is 20.8 Å². The van der Waals surface area contributed by atoms with Gasteiger partial charge >= 0.3 is 0 Å². The van der Waals surface area contributed by atoms with Crippen LogP contribution in [0.4, 0.5) is 11.5 Å². The molecule has 0 bridgehead atoms. The maximum atomic E-state index is 12.9. The highest BCUT2D eigenvalue weighted by Crippen LogP contribution is 2.36. The Kier molecular flexibility index (Phi) is 4.36. The molecule has 1 aromatic carbocycles. The lowest BCUT2D eigenvalue weighted by Gasteiger charge is -2.17. The molecule has 0 radical (unpaired) electrons. The molecule has 0 spiro atoms. The molecule has 6 heteroatoms. The number of fused-ring (bicyclic) bond motifs is 1. The van der Waals surface area contributed by atoms with Crippen LogP contribution in [0.1, 0.15) is 39.2 Å². The van der Waals surface area contributed by atoms with E-state index in [9.17, 15) is 4.79 Å². The van der Waals surface area contributed by atoms with Crippen LogP contribution < -0.4 is 10.2 Å². The summed E-state index contributed by atoms with van der Waals surface area (Å²) in [6.07, 6.45) is 3.99. The molecule has 1 aliphatic heterocycles. The third kappa shape index (κ3) is 2.94. The molecule has 2 aromatic heterocycles. The second kappa shape index (κ2) is 6.68. The van der Waals surface area contributed by atoms with Gasteiger partial charge in [0.05, 0.1) is 10.3 Å². The lowest BCUT2D eigenvalue weighted by Crippen LogP contribution is -2.19. The van der Waals surface area contributed by atoms with Crippen LogP contribution >= 0.6 is 11.3 Å². The molecule has 5 nitrogen and oxygen atoms in total. The standard InChI is InChI=1S/C20H22N4OS/c1-12-6-7-15(13(2)10-12)23-19(25)17-14(3)16-18(24-8-4-5-9-24)21-11-22-20(16)26-17/h6-7,10-11H,4-5,8-9H2,1-3H3,(H,23,25). The molecular formula is C20H22N4OS. The summed E-state index contributed by atoms with van der Waals surface area (Å²) in [6, 6.07) is 6.04. The molecule has 26 heavy (non-hydrogen) atoms. The Bertz CT molecular complexity index is 989. The van der Waals surface area contributed by atoms with Crippen LogP contribution in [-0.4, -0.2) is 29.0 Å². The van der Waals surface area contributed by atoms with Crippen molar-refractivity contribution in [2.45, 2.75) is 33.6 Å². The molecule has 0 unspecified atom stereocenters. The van der Waals surface area contributed by atoms with Crippen LogP contribution in [0.2, 0.25) is 0 Å². The van der Waals surface area contributed by atoms with Gasteiger partial charge in [0.15, 0.2) is 0 Å². The van der Waals surface area contributed by atoms with E-state index in [0.717, 1.165) is 45.9 Å². The van der Waals surface area contributed by atoms with Gasteiger partial charge in [-0.1, -0.05) is 17.7 Å². The molecule has 134 valence electrons. The molecule has 0 aliphatic carbocycles. The molecule has 0 saturated carbocycles. The predicted octanol–water partition coefficient (Wildman–Crippen LogP) is 4.47. The number of rotatable bonds is 3. The third-order valence-corrected chi connectivity index (χ3v) is 6.15. The van der Waals surface area contributed by atoms with E-state index in [4.69, 9.17) is 0 Å². The number of nitrogens with one attached hydrogen (secondary N) is 1. The van der Waals surface area contributed by atoms with Crippen molar-refractivity contribution < 1.29 is 4.79 Å². The van der Waals surface area contributed by atoms with Crippen molar-refractivity contribution in [3.05, 3.63) is 46.1 Å². The van der Waals surface area contributed by atoms with Gasteiger partial charge in [-0.15, -0.1) is 11.3 Å². The highest BCUT2D eigenvalue weighted by Gasteiger charge is 2.23. The van der Waals surface area contributed by atoms with Crippen molar-refractivity contribution >= 4 is 39.0 Å². The molecule has 0 atom stereocenters. The molecule has 1 saturated heterocycles. The number of carbonyl (C=O) groups excluding carboxylic acids is 1. The number of aryl methyl sites for hydroxylation is 3. The van der Waals surface area contributed by atoms with Crippen LogP contribution in [0.3, 0.4) is 0 Å². The highest BCUT2D eigenvalue weighted by atomic mass is 32.1. The zero-order chi connectivity index (χ0) is 18.3. The number of nitrogens with zero attached hydrogens (tertiary/aromatic N) is 3. The molecule has 4 rings (SSSR count). The summed E-state index contributed by atoms with van der Waals surface area (Å²) in [6.45, 7) is 8.10. The number of hydrogen-bond donors (Lipinski definition) is 1. The average molecular weight is 366 g/mol. The second-order valence-electron chi connectivity index (χ2n) is 6.90. The summed E-state index contributed by atoms with van der Waals surface area (Å²) < 4.78 is 0. The molecule has 1 amide bonds. The SMILES string of the molecule is Cc1ccc(NC(=O)c2sc3ncnc(N4CCCC4)c3c2C)c(C)c1. The fourth-order valence-corrected chi connectivity index (χ4v) is 4.61. The molecule has 3 heterocycles. The Balaban J connectivity index is 1.71. The van der Waals surface area contributed by atoms with Crippen LogP contribution in [0.5, 0.6) is 0 Å². The van der Waals surface area contributed by atoms with E-state index in [1.807, 2.05) is 32.9 Å². The second-order valence-corrected chi connectivity index (χ2v) is 7.90. The van der Waals surface area contributed by atoms with Crippen LogP contribution in [0.15, 0.2) is 24.5 Å². The number of anilines is 2. The third-order valence-electron chi connectivity index (χ3n) is 4.95. The van der Waals surface area contributed by atoms with Gasteiger partial charge in [-0.05, 0) is 50.8 Å². The van der Waals surface area contributed by atoms with Gasteiger partial charge in [-0.25, -0.2) is 9.97 Å². The average Bonchev–Trinajstić information content (AvgIpc) is 3.26. The van der Waals surface area contributed by atoms with E-state index in [-0.39, 0.29) is 5.91 Å². The highest BCUT2D eigenvalue weighted by molar-refractivity contribution is 7.20. The van der Waals surface area contributed by atoms with E-state index in [2.05, 4.69) is 26.3 Å². The van der Waals surface area contributed by atoms with Gasteiger partial charge < -0.3 is 10.2 Å². The first kappa shape index (κ1) is 17.0. The first-order chi connectivity index (χ1) is 12.5. The van der Waals surface area contributed by atoms with E-state index in [1.54, 1.807) is 6.33 Å². The summed E-state index contributed by atoms with van der Waals surface area (Å²) in [4.78, 5) is 25.7. The molecule has 3 aromatic rings. The zero-order valence-corrected chi connectivity index (χ0v) is 16.1. The van der Waals surface area contributed by atoms with E-state index < -0.39 is 0 Å². The molecular weight excluding hydrogens is 344 g/mol. The Morgan fingerprint density at radius 2 is 1.92 bits per heavy atom. The Hall–Kier alpha value is -2.47. The van der Waals surface area contributed by atoms with Crippen molar-refractivity contribution in [2.24, 2.45) is 0 Å². The van der Waals surface area contributed by atoms with Crippen molar-refractivity contribution in [3.63, 3.8) is 0 Å². The largest absolute Gasteiger partial charge is 0.356 e. The topological polar surface area (TPSA) is 58.1 Å². The van der Waals surface area contributed by atoms with E-state index >= 15 is 0 Å². The van der Waals surface area contributed by atoms with Gasteiger partial charge in [0.25, 0.3) is 5.91 Å². The Labute approximate surface area is 157 Å². The van der Waals surface area contributed by atoms with E-state index in [1.165, 1.54) is 29.7 Å². The number of aromatic nitrogens is 2.